The monoisotopic (exact) mass is 150 g/mol. The summed E-state index contributed by atoms with van der Waals surface area (Å²) < 4.78 is 0. The van der Waals surface area contributed by atoms with Crippen molar-refractivity contribution in [2.45, 2.75) is 46.5 Å². The van der Waals surface area contributed by atoms with Crippen LogP contribution in [-0.2, 0) is 0 Å². The summed E-state index contributed by atoms with van der Waals surface area (Å²) in [6, 6.07) is 0. The Kier molecular flexibility index (Phi) is 1.42. The van der Waals surface area contributed by atoms with Crippen LogP contribution in [-0.4, -0.2) is 0 Å². The maximum Gasteiger partial charge on any atom is -0.00509 e. The first-order valence-corrected chi connectivity index (χ1v) is 4.90. The van der Waals surface area contributed by atoms with Crippen molar-refractivity contribution in [3.05, 3.63) is 11.1 Å². The minimum absolute atomic E-state index is 0.627. The molecule has 0 aliphatic heterocycles. The lowest BCUT2D eigenvalue weighted by Crippen LogP contribution is -2.45. The lowest BCUT2D eigenvalue weighted by Gasteiger charge is -2.57. The summed E-state index contributed by atoms with van der Waals surface area (Å²) in [5.74, 6) is 1.00. The van der Waals surface area contributed by atoms with Crippen LogP contribution in [0.3, 0.4) is 0 Å². The van der Waals surface area contributed by atoms with Crippen molar-refractivity contribution in [3.8, 4) is 0 Å². The molecule has 62 valence electrons. The third kappa shape index (κ3) is 0.706. The zero-order valence-corrected chi connectivity index (χ0v) is 7.91. The predicted molar refractivity (Wildman–Crippen MR) is 48.4 cm³/mol. The predicted octanol–water partition coefficient (Wildman–Crippen LogP) is 3.53. The van der Waals surface area contributed by atoms with E-state index in [9.17, 15) is 0 Å². The fourth-order valence-corrected chi connectivity index (χ4v) is 3.02. The first-order chi connectivity index (χ1) is 5.20. The molecule has 1 fully saturated rings. The summed E-state index contributed by atoms with van der Waals surface area (Å²) in [5.41, 5.74) is 4.17. The maximum absolute atomic E-state index is 2.46. The normalized spacial score (nSPS) is 41.2. The highest BCUT2D eigenvalue weighted by Gasteiger charge is 2.51. The van der Waals surface area contributed by atoms with E-state index in [4.69, 9.17) is 0 Å². The van der Waals surface area contributed by atoms with E-state index in [1.807, 2.05) is 0 Å². The van der Waals surface area contributed by atoms with Crippen molar-refractivity contribution in [3.63, 3.8) is 0 Å². The Morgan fingerprint density at radius 1 is 1.55 bits per heavy atom. The summed E-state index contributed by atoms with van der Waals surface area (Å²) in [7, 11) is 0. The van der Waals surface area contributed by atoms with Gasteiger partial charge in [-0.25, -0.2) is 0 Å². The molecule has 0 aromatic carbocycles. The second-order valence-corrected chi connectivity index (χ2v) is 4.41. The highest BCUT2D eigenvalue weighted by atomic mass is 14.6. The van der Waals surface area contributed by atoms with E-state index in [1.54, 1.807) is 11.1 Å². The highest BCUT2D eigenvalue weighted by molar-refractivity contribution is 5.41. The smallest absolute Gasteiger partial charge is 0.00509 e. The number of allylic oxidation sites excluding steroid dienone is 2. The first-order valence-electron chi connectivity index (χ1n) is 4.90. The molecule has 0 aromatic heterocycles. The van der Waals surface area contributed by atoms with E-state index < -0.39 is 0 Å². The molecule has 0 N–H and O–H groups in total. The van der Waals surface area contributed by atoms with Crippen LogP contribution in [0.4, 0.5) is 0 Å². The van der Waals surface area contributed by atoms with Crippen molar-refractivity contribution in [2.75, 3.05) is 0 Å². The molecule has 2 unspecified atom stereocenters. The van der Waals surface area contributed by atoms with E-state index in [0.717, 1.165) is 5.92 Å². The second-order valence-electron chi connectivity index (χ2n) is 4.41. The van der Waals surface area contributed by atoms with Gasteiger partial charge in [0.2, 0.25) is 0 Å². The Morgan fingerprint density at radius 2 is 2.27 bits per heavy atom. The van der Waals surface area contributed by atoms with E-state index >= 15 is 0 Å². The van der Waals surface area contributed by atoms with Gasteiger partial charge in [-0.1, -0.05) is 31.4 Å². The first kappa shape index (κ1) is 7.39. The van der Waals surface area contributed by atoms with Crippen LogP contribution in [0, 0.1) is 11.3 Å². The Balaban J connectivity index is 2.18. The Bertz CT molecular complexity index is 212. The minimum atomic E-state index is 0.627. The summed E-state index contributed by atoms with van der Waals surface area (Å²) in [4.78, 5) is 0. The van der Waals surface area contributed by atoms with Crippen LogP contribution >= 0.6 is 0 Å². The Hall–Kier alpha value is -0.260. The number of rotatable bonds is 2. The molecule has 1 saturated carbocycles. The second kappa shape index (κ2) is 2.12. The van der Waals surface area contributed by atoms with E-state index in [1.165, 1.54) is 25.7 Å². The van der Waals surface area contributed by atoms with Crippen molar-refractivity contribution < 1.29 is 0 Å². The largest absolute Gasteiger partial charge is 0.0673 e. The Labute approximate surface area is 69.7 Å². The van der Waals surface area contributed by atoms with Gasteiger partial charge in [-0.05, 0) is 37.5 Å². The summed E-state index contributed by atoms with van der Waals surface area (Å²) >= 11 is 0. The quantitative estimate of drug-likeness (QED) is 0.528. The van der Waals surface area contributed by atoms with Crippen LogP contribution in [0.5, 0.6) is 0 Å². The molecule has 0 bridgehead atoms. The average molecular weight is 150 g/mol. The Morgan fingerprint density at radius 3 is 2.64 bits per heavy atom. The van der Waals surface area contributed by atoms with E-state index in [-0.39, 0.29) is 0 Å². The molecule has 0 saturated heterocycles. The molecule has 11 heavy (non-hydrogen) atoms. The van der Waals surface area contributed by atoms with E-state index in [2.05, 4.69) is 20.8 Å². The van der Waals surface area contributed by atoms with Gasteiger partial charge in [-0.3, -0.25) is 0 Å². The zero-order valence-electron chi connectivity index (χ0n) is 7.91. The molecule has 0 amide bonds. The van der Waals surface area contributed by atoms with Gasteiger partial charge in [-0.15, -0.1) is 0 Å². The van der Waals surface area contributed by atoms with Gasteiger partial charge in [0.15, 0.2) is 0 Å². The molecule has 0 radical (unpaired) electrons. The molecule has 0 nitrogen and oxygen atoms in total. The SMILES string of the molecule is CCCC1(C)C(C)=C2CCC21. The summed E-state index contributed by atoms with van der Waals surface area (Å²) in [5, 5.41) is 0. The van der Waals surface area contributed by atoms with Gasteiger partial charge in [-0.2, -0.15) is 0 Å². The van der Waals surface area contributed by atoms with Crippen molar-refractivity contribution >= 4 is 0 Å². The van der Waals surface area contributed by atoms with Crippen LogP contribution in [0.1, 0.15) is 46.5 Å². The summed E-state index contributed by atoms with van der Waals surface area (Å²) in [6.45, 7) is 7.11. The fraction of sp³-hybridized carbons (Fsp3) is 0.818. The van der Waals surface area contributed by atoms with Gasteiger partial charge < -0.3 is 0 Å². The van der Waals surface area contributed by atoms with Crippen LogP contribution < -0.4 is 0 Å². The molecular weight excluding hydrogens is 132 g/mol. The minimum Gasteiger partial charge on any atom is -0.0673 e. The number of fused-ring (bicyclic) bond motifs is 1. The topological polar surface area (TPSA) is 0 Å². The molecule has 2 atom stereocenters. The lowest BCUT2D eigenvalue weighted by molar-refractivity contribution is 0.131. The number of hydrogen-bond acceptors (Lipinski definition) is 0. The molecule has 2 aliphatic rings. The van der Waals surface area contributed by atoms with Gasteiger partial charge >= 0.3 is 0 Å². The molecule has 2 aliphatic carbocycles. The van der Waals surface area contributed by atoms with E-state index in [0.29, 0.717) is 5.41 Å². The van der Waals surface area contributed by atoms with Crippen molar-refractivity contribution in [2.24, 2.45) is 11.3 Å². The van der Waals surface area contributed by atoms with Gasteiger partial charge in [0.25, 0.3) is 0 Å². The molecule has 0 spiro atoms. The highest BCUT2D eigenvalue weighted by Crippen LogP contribution is 2.62. The van der Waals surface area contributed by atoms with Gasteiger partial charge in [0, 0.05) is 0 Å². The van der Waals surface area contributed by atoms with Crippen LogP contribution in [0.15, 0.2) is 11.1 Å². The third-order valence-electron chi connectivity index (χ3n) is 4.00. The molecule has 0 aromatic rings. The average Bonchev–Trinajstić information content (AvgIpc) is 1.85. The number of hydrogen-bond donors (Lipinski definition) is 0. The van der Waals surface area contributed by atoms with Crippen molar-refractivity contribution in [1.82, 2.24) is 0 Å². The molecular formula is C11H18. The fourth-order valence-electron chi connectivity index (χ4n) is 3.02. The maximum atomic E-state index is 2.46. The standard InChI is InChI=1S/C11H18/c1-4-7-11(3)8(2)9-5-6-10(9)11/h10H,4-7H2,1-3H3. The molecule has 0 heterocycles. The zero-order chi connectivity index (χ0) is 8.06. The lowest BCUT2D eigenvalue weighted by atomic mass is 9.48. The molecule has 2 rings (SSSR count). The van der Waals surface area contributed by atoms with Crippen LogP contribution in [0.2, 0.25) is 0 Å². The summed E-state index contributed by atoms with van der Waals surface area (Å²) in [6.07, 6.45) is 5.64. The van der Waals surface area contributed by atoms with Gasteiger partial charge in [0.1, 0.15) is 0 Å². The third-order valence-corrected chi connectivity index (χ3v) is 4.00. The van der Waals surface area contributed by atoms with Crippen LogP contribution in [0.25, 0.3) is 0 Å². The molecule has 0 heteroatoms. The van der Waals surface area contributed by atoms with Gasteiger partial charge in [0.05, 0.1) is 0 Å². The van der Waals surface area contributed by atoms with Crippen molar-refractivity contribution in [1.29, 1.82) is 0 Å².